The highest BCUT2D eigenvalue weighted by atomic mass is 16.5. The Kier molecular flexibility index (Phi) is 7.04. The van der Waals surface area contributed by atoms with E-state index in [4.69, 9.17) is 9.15 Å². The minimum atomic E-state index is -1.12. The summed E-state index contributed by atoms with van der Waals surface area (Å²) in [5, 5.41) is 5.25. The van der Waals surface area contributed by atoms with E-state index in [1.165, 1.54) is 6.92 Å². The van der Waals surface area contributed by atoms with Crippen LogP contribution in [0.3, 0.4) is 0 Å². The van der Waals surface area contributed by atoms with Crippen molar-refractivity contribution < 1.29 is 23.5 Å². The summed E-state index contributed by atoms with van der Waals surface area (Å²) in [5.74, 6) is -1.19. The van der Waals surface area contributed by atoms with Gasteiger partial charge in [-0.1, -0.05) is 36.4 Å². The summed E-state index contributed by atoms with van der Waals surface area (Å²) in [6, 6.07) is 14.8. The highest BCUT2D eigenvalue weighted by Gasteiger charge is 2.24. The van der Waals surface area contributed by atoms with Crippen molar-refractivity contribution in [1.29, 1.82) is 0 Å². The van der Waals surface area contributed by atoms with Crippen molar-refractivity contribution in [3.63, 3.8) is 0 Å². The minimum absolute atomic E-state index is 0.00345. The van der Waals surface area contributed by atoms with Crippen molar-refractivity contribution in [3.05, 3.63) is 71.1 Å². The Morgan fingerprint density at radius 3 is 2.31 bits per heavy atom. The van der Waals surface area contributed by atoms with Gasteiger partial charge >= 0.3 is 5.97 Å². The molecule has 32 heavy (non-hydrogen) atoms. The Morgan fingerprint density at radius 2 is 1.66 bits per heavy atom. The van der Waals surface area contributed by atoms with Crippen molar-refractivity contribution in [2.75, 3.05) is 11.9 Å². The van der Waals surface area contributed by atoms with Crippen LogP contribution in [0.25, 0.3) is 11.5 Å². The normalized spacial score (nSPS) is 11.5. The number of rotatable bonds is 7. The van der Waals surface area contributed by atoms with Gasteiger partial charge in [0.2, 0.25) is 11.8 Å². The van der Waals surface area contributed by atoms with Gasteiger partial charge in [0.05, 0.1) is 6.54 Å². The van der Waals surface area contributed by atoms with Crippen LogP contribution in [-0.4, -0.2) is 35.4 Å². The molecule has 0 saturated carbocycles. The number of aryl methyl sites for hydroxylation is 3. The molecule has 0 radical (unpaired) electrons. The topological polar surface area (TPSA) is 111 Å². The zero-order chi connectivity index (χ0) is 23.3. The lowest BCUT2D eigenvalue weighted by atomic mass is 10.1. The summed E-state index contributed by atoms with van der Waals surface area (Å²) in [5.41, 5.74) is 3.27. The lowest BCUT2D eigenvalue weighted by Gasteiger charge is -2.14. The van der Waals surface area contributed by atoms with Crippen molar-refractivity contribution in [2.24, 2.45) is 0 Å². The van der Waals surface area contributed by atoms with Crippen LogP contribution in [0, 0.1) is 20.8 Å². The molecule has 166 valence electrons. The number of esters is 1. The molecule has 0 saturated heterocycles. The van der Waals surface area contributed by atoms with Crippen LogP contribution < -0.4 is 10.6 Å². The van der Waals surface area contributed by atoms with Gasteiger partial charge < -0.3 is 19.8 Å². The molecule has 0 aliphatic carbocycles. The van der Waals surface area contributed by atoms with Gasteiger partial charge in [0.15, 0.2) is 11.8 Å². The molecule has 1 heterocycles. The van der Waals surface area contributed by atoms with Crippen molar-refractivity contribution in [1.82, 2.24) is 10.3 Å². The zero-order valence-corrected chi connectivity index (χ0v) is 18.4. The number of nitrogens with one attached hydrogen (secondary N) is 2. The second kappa shape index (κ2) is 9.91. The van der Waals surface area contributed by atoms with E-state index in [0.717, 1.165) is 16.7 Å². The molecule has 0 aliphatic heterocycles. The average Bonchev–Trinajstić information content (AvgIpc) is 3.17. The van der Waals surface area contributed by atoms with Crippen LogP contribution in [-0.2, 0) is 14.3 Å². The Bertz CT molecular complexity index is 1120. The summed E-state index contributed by atoms with van der Waals surface area (Å²) in [6.07, 6.45) is -1.12. The molecular weight excluding hydrogens is 410 g/mol. The summed E-state index contributed by atoms with van der Waals surface area (Å²) in [7, 11) is 0. The lowest BCUT2D eigenvalue weighted by molar-refractivity contribution is -0.130. The second-order valence-corrected chi connectivity index (χ2v) is 7.37. The summed E-state index contributed by atoms with van der Waals surface area (Å²) >= 11 is 0. The molecular formula is C24H25N3O5. The molecule has 0 spiro atoms. The number of para-hydroxylation sites is 1. The maximum absolute atomic E-state index is 12.5. The third-order valence-electron chi connectivity index (χ3n) is 4.83. The van der Waals surface area contributed by atoms with E-state index in [2.05, 4.69) is 15.6 Å². The molecule has 1 aromatic heterocycles. The number of carbonyl (C=O) groups is 3. The predicted octanol–water partition coefficient (Wildman–Crippen LogP) is 3.57. The number of aromatic nitrogens is 1. The first-order chi connectivity index (χ1) is 15.3. The summed E-state index contributed by atoms with van der Waals surface area (Å²) in [6.45, 7) is 6.54. The van der Waals surface area contributed by atoms with Gasteiger partial charge in [0, 0.05) is 11.3 Å². The van der Waals surface area contributed by atoms with Gasteiger partial charge in [-0.2, -0.15) is 0 Å². The van der Waals surface area contributed by atoms with E-state index < -0.39 is 18.0 Å². The number of carbonyl (C=O) groups excluding carboxylic acids is 3. The Morgan fingerprint density at radius 1 is 1.00 bits per heavy atom. The first kappa shape index (κ1) is 22.7. The molecule has 3 rings (SSSR count). The maximum atomic E-state index is 12.5. The number of ether oxygens (including phenoxy) is 1. The van der Waals surface area contributed by atoms with Gasteiger partial charge in [-0.05, 0) is 51.0 Å². The molecule has 1 atom stereocenters. The van der Waals surface area contributed by atoms with Crippen molar-refractivity contribution in [3.8, 4) is 11.5 Å². The first-order valence-corrected chi connectivity index (χ1v) is 10.1. The third kappa shape index (κ3) is 5.40. The molecule has 1 unspecified atom stereocenters. The van der Waals surface area contributed by atoms with E-state index in [-0.39, 0.29) is 29.8 Å². The molecule has 0 fully saturated rings. The highest BCUT2D eigenvalue weighted by Crippen LogP contribution is 2.22. The van der Waals surface area contributed by atoms with Gasteiger partial charge in [-0.3, -0.25) is 9.59 Å². The minimum Gasteiger partial charge on any atom is -0.448 e. The zero-order valence-electron chi connectivity index (χ0n) is 18.4. The van der Waals surface area contributed by atoms with E-state index in [9.17, 15) is 14.4 Å². The molecule has 3 aromatic rings. The molecule has 0 aliphatic rings. The van der Waals surface area contributed by atoms with Gasteiger partial charge in [0.25, 0.3) is 5.91 Å². The quantitative estimate of drug-likeness (QED) is 0.549. The smallest absolute Gasteiger partial charge is 0.361 e. The predicted molar refractivity (Wildman–Crippen MR) is 119 cm³/mol. The van der Waals surface area contributed by atoms with Crippen molar-refractivity contribution in [2.45, 2.75) is 33.8 Å². The number of nitrogens with zero attached hydrogens (tertiary/aromatic N) is 1. The van der Waals surface area contributed by atoms with E-state index in [1.807, 2.05) is 50.2 Å². The number of amides is 2. The fraction of sp³-hybridized carbons (Fsp3) is 0.250. The molecule has 8 nitrogen and oxygen atoms in total. The standard InChI is InChI=1S/C24H25N3O5/c1-14-9-8-10-15(2)20(14)26-19(28)13-25-22(29)17(4)32-24(30)21-16(3)31-23(27-21)18-11-6-5-7-12-18/h5-12,17H,13H2,1-4H3,(H,25,29)(H,26,28). The van der Waals surface area contributed by atoms with Crippen LogP contribution >= 0.6 is 0 Å². The highest BCUT2D eigenvalue weighted by molar-refractivity contribution is 5.97. The SMILES string of the molecule is Cc1cccc(C)c1NC(=O)CNC(=O)C(C)OC(=O)c1nc(-c2ccccc2)oc1C. The van der Waals surface area contributed by atoms with Crippen LogP contribution in [0.1, 0.15) is 34.3 Å². The van der Waals surface area contributed by atoms with Crippen LogP contribution in [0.2, 0.25) is 0 Å². The third-order valence-corrected chi connectivity index (χ3v) is 4.83. The summed E-state index contributed by atoms with van der Waals surface area (Å²) < 4.78 is 10.8. The van der Waals surface area contributed by atoms with E-state index >= 15 is 0 Å². The lowest BCUT2D eigenvalue weighted by Crippen LogP contribution is -2.40. The van der Waals surface area contributed by atoms with Crippen LogP contribution in [0.5, 0.6) is 0 Å². The molecule has 2 amide bonds. The van der Waals surface area contributed by atoms with Crippen LogP contribution in [0.15, 0.2) is 52.9 Å². The second-order valence-electron chi connectivity index (χ2n) is 7.37. The molecule has 2 N–H and O–H groups in total. The van der Waals surface area contributed by atoms with Crippen LogP contribution in [0.4, 0.5) is 5.69 Å². The monoisotopic (exact) mass is 435 g/mol. The number of benzene rings is 2. The Hall–Kier alpha value is -3.94. The van der Waals surface area contributed by atoms with Crippen molar-refractivity contribution >= 4 is 23.5 Å². The molecule has 0 bridgehead atoms. The molecule has 2 aromatic carbocycles. The van der Waals surface area contributed by atoms with Gasteiger partial charge in [0.1, 0.15) is 5.76 Å². The van der Waals surface area contributed by atoms with E-state index in [1.54, 1.807) is 19.1 Å². The fourth-order valence-electron chi connectivity index (χ4n) is 3.07. The number of oxazole rings is 1. The average molecular weight is 435 g/mol. The Labute approximate surface area is 186 Å². The van der Waals surface area contributed by atoms with E-state index in [0.29, 0.717) is 5.69 Å². The molecule has 8 heteroatoms. The van der Waals surface area contributed by atoms with Gasteiger partial charge in [-0.15, -0.1) is 0 Å². The fourth-order valence-corrected chi connectivity index (χ4v) is 3.07. The summed E-state index contributed by atoms with van der Waals surface area (Å²) in [4.78, 5) is 41.2. The largest absolute Gasteiger partial charge is 0.448 e. The Balaban J connectivity index is 1.55. The number of anilines is 1. The number of hydrogen-bond donors (Lipinski definition) is 2. The van der Waals surface area contributed by atoms with Gasteiger partial charge in [-0.25, -0.2) is 9.78 Å². The maximum Gasteiger partial charge on any atom is 0.361 e. The number of hydrogen-bond acceptors (Lipinski definition) is 6. The first-order valence-electron chi connectivity index (χ1n) is 10.1.